The largest absolute Gasteiger partial charge is 0.469 e. The molecule has 12 nitrogen and oxygen atoms in total. The minimum Gasteiger partial charge on any atom is -0.469 e. The Hall–Kier alpha value is -3.02. The third-order valence-corrected chi connectivity index (χ3v) is 11.1. The van der Waals surface area contributed by atoms with Gasteiger partial charge in [-0.2, -0.15) is 0 Å². The van der Waals surface area contributed by atoms with Crippen LogP contribution in [0.1, 0.15) is 223 Å². The number of carbonyl (C=O) groups is 6. The Balaban J connectivity index is -0.000000439. The van der Waals surface area contributed by atoms with Crippen LogP contribution in [0.25, 0.3) is 0 Å². The molecule has 0 bridgehead atoms. The lowest BCUT2D eigenvalue weighted by Crippen LogP contribution is -2.44. The standard InChI is InChI=1S/C24H45NO4.C16H31NO3.C9H18O2.CH4O/c1-6-9-12-15-19(4)22(26)18-20(16-13-10-7-2)23(27)25-21(24(28)29-5)17-14-11-8-3;1-5-7-9-11-13(3)15(18)17-14(16(19)20-4)12-10-8-6-2;1-4-5-6-7-8(2)9(10)11-3;1-2/h19-21H,6-18H2,1-5H3,(H,25,27);13-14H,5-12H2,1-4H3,(H,17,18);8H,4-7H2,1-3H3;2H,1H3/t19-,20+,21-;13-,14-;8-;/m000./s1. The van der Waals surface area contributed by atoms with Crippen LogP contribution in [-0.4, -0.2) is 81.1 Å². The molecule has 0 aliphatic carbocycles. The molecular formula is C50H98N2O10. The molecule has 0 spiro atoms. The van der Waals surface area contributed by atoms with Gasteiger partial charge in [0.05, 0.1) is 27.2 Å². The monoisotopic (exact) mass is 887 g/mol. The number of carbonyl (C=O) groups excluding carboxylic acids is 6. The van der Waals surface area contributed by atoms with Crippen molar-refractivity contribution < 1.29 is 48.1 Å². The van der Waals surface area contributed by atoms with E-state index >= 15 is 0 Å². The van der Waals surface area contributed by atoms with Gasteiger partial charge in [-0.25, -0.2) is 9.59 Å². The molecule has 0 aromatic carbocycles. The lowest BCUT2D eigenvalue weighted by molar-refractivity contribution is -0.146. The minimum absolute atomic E-state index is 0.0102. The first-order valence-corrected chi connectivity index (χ1v) is 24.5. The summed E-state index contributed by atoms with van der Waals surface area (Å²) in [6.45, 7) is 18.6. The Labute approximate surface area is 380 Å². The Morgan fingerprint density at radius 1 is 0.403 bits per heavy atom. The molecule has 62 heavy (non-hydrogen) atoms. The smallest absolute Gasteiger partial charge is 0.328 e. The van der Waals surface area contributed by atoms with E-state index in [2.05, 4.69) is 56.9 Å². The van der Waals surface area contributed by atoms with Crippen molar-refractivity contribution in [2.24, 2.45) is 23.7 Å². The molecule has 0 aliphatic rings. The van der Waals surface area contributed by atoms with Crippen LogP contribution in [0.4, 0.5) is 0 Å². The Bertz CT molecular complexity index is 1100. The summed E-state index contributed by atoms with van der Waals surface area (Å²) in [5, 5.41) is 12.7. The normalized spacial score (nSPS) is 13.3. The van der Waals surface area contributed by atoms with E-state index in [1.807, 2.05) is 20.8 Å². The number of nitrogens with one attached hydrogen (secondary N) is 2. The van der Waals surface area contributed by atoms with Gasteiger partial charge >= 0.3 is 17.9 Å². The molecule has 6 atom stereocenters. The van der Waals surface area contributed by atoms with Crippen molar-refractivity contribution in [1.82, 2.24) is 10.6 Å². The fraction of sp³-hybridized carbons (Fsp3) is 0.880. The van der Waals surface area contributed by atoms with Crippen molar-refractivity contribution >= 4 is 35.5 Å². The maximum atomic E-state index is 12.9. The molecule has 0 rings (SSSR count). The number of hydrogen-bond donors (Lipinski definition) is 3. The fourth-order valence-corrected chi connectivity index (χ4v) is 6.71. The number of methoxy groups -OCH3 is 3. The predicted octanol–water partition coefficient (Wildman–Crippen LogP) is 11.0. The Morgan fingerprint density at radius 2 is 0.710 bits per heavy atom. The van der Waals surface area contributed by atoms with Gasteiger partial charge in [0.1, 0.15) is 17.9 Å². The quantitative estimate of drug-likeness (QED) is 0.0320. The number of Topliss-reactive ketones (excluding diaryl/α,β-unsaturated/α-hetero) is 1. The number of ether oxygens (including phenoxy) is 3. The van der Waals surface area contributed by atoms with E-state index in [1.54, 1.807) is 0 Å². The average molecular weight is 887 g/mol. The summed E-state index contributed by atoms with van der Waals surface area (Å²) >= 11 is 0. The first kappa shape index (κ1) is 65.6. The number of amides is 2. The SMILES string of the molecule is CCCCC[C@H](C)C(=O)OC.CCCCC[C@H](CC(=O)[C@@H](C)CCCCC)C(=O)N[C@@H](CCCCC)C(=O)OC.CCCCC[C@H](NC(=O)[C@@H](C)CCCCC)C(=O)OC.CO. The first-order chi connectivity index (χ1) is 29.7. The molecule has 0 radical (unpaired) electrons. The summed E-state index contributed by atoms with van der Waals surface area (Å²) in [6.07, 6.45) is 24.2. The zero-order valence-electron chi connectivity index (χ0n) is 42.3. The number of aliphatic hydroxyl groups is 1. The molecule has 0 aliphatic heterocycles. The van der Waals surface area contributed by atoms with Crippen molar-refractivity contribution in [3.63, 3.8) is 0 Å². The van der Waals surface area contributed by atoms with Crippen LogP contribution in [0.15, 0.2) is 0 Å². The highest BCUT2D eigenvalue weighted by atomic mass is 16.5. The van der Waals surface area contributed by atoms with Crippen molar-refractivity contribution in [2.75, 3.05) is 28.4 Å². The zero-order chi connectivity index (χ0) is 48.1. The van der Waals surface area contributed by atoms with Gasteiger partial charge < -0.3 is 30.0 Å². The molecule has 0 unspecified atom stereocenters. The Morgan fingerprint density at radius 3 is 1.06 bits per heavy atom. The number of aliphatic hydroxyl groups excluding tert-OH is 1. The summed E-state index contributed by atoms with van der Waals surface area (Å²) in [6, 6.07) is -1.11. The lowest BCUT2D eigenvalue weighted by Gasteiger charge is -2.22. The second kappa shape index (κ2) is 47.5. The molecular weight excluding hydrogens is 789 g/mol. The van der Waals surface area contributed by atoms with Crippen LogP contribution in [0, 0.1) is 23.7 Å². The van der Waals surface area contributed by atoms with Crippen molar-refractivity contribution in [3.05, 3.63) is 0 Å². The van der Waals surface area contributed by atoms with Gasteiger partial charge in [-0.3, -0.25) is 19.2 Å². The summed E-state index contributed by atoms with van der Waals surface area (Å²) in [5.74, 6) is -1.21. The number of esters is 3. The van der Waals surface area contributed by atoms with E-state index in [0.717, 1.165) is 129 Å². The van der Waals surface area contributed by atoms with E-state index in [4.69, 9.17) is 14.6 Å². The zero-order valence-corrected chi connectivity index (χ0v) is 42.3. The predicted molar refractivity (Wildman–Crippen MR) is 254 cm³/mol. The number of unbranched alkanes of at least 4 members (excludes halogenated alkanes) is 12. The molecule has 3 N–H and O–H groups in total. The average Bonchev–Trinajstić information content (AvgIpc) is 3.28. The van der Waals surface area contributed by atoms with Gasteiger partial charge in [0.15, 0.2) is 0 Å². The van der Waals surface area contributed by atoms with E-state index in [1.165, 1.54) is 34.2 Å². The van der Waals surface area contributed by atoms with Crippen LogP contribution >= 0.6 is 0 Å². The van der Waals surface area contributed by atoms with E-state index in [9.17, 15) is 28.8 Å². The summed E-state index contributed by atoms with van der Waals surface area (Å²) in [7, 11) is 5.16. The van der Waals surface area contributed by atoms with Gasteiger partial charge in [-0.1, -0.05) is 178 Å². The van der Waals surface area contributed by atoms with Gasteiger partial charge in [0, 0.05) is 31.3 Å². The van der Waals surface area contributed by atoms with Gasteiger partial charge in [0.25, 0.3) is 0 Å². The van der Waals surface area contributed by atoms with E-state index in [-0.39, 0.29) is 59.6 Å². The summed E-state index contributed by atoms with van der Waals surface area (Å²) in [5.41, 5.74) is 0. The highest BCUT2D eigenvalue weighted by Gasteiger charge is 2.29. The van der Waals surface area contributed by atoms with Gasteiger partial charge in [-0.05, 0) is 38.5 Å². The van der Waals surface area contributed by atoms with Crippen molar-refractivity contribution in [3.8, 4) is 0 Å². The van der Waals surface area contributed by atoms with Crippen LogP contribution < -0.4 is 10.6 Å². The summed E-state index contributed by atoms with van der Waals surface area (Å²) < 4.78 is 14.2. The molecule has 0 aromatic heterocycles. The highest BCUT2D eigenvalue weighted by Crippen LogP contribution is 2.21. The minimum atomic E-state index is -0.621. The van der Waals surface area contributed by atoms with Crippen LogP contribution in [-0.2, 0) is 43.0 Å². The Kier molecular flexibility index (Phi) is 50.2. The molecule has 12 heteroatoms. The van der Waals surface area contributed by atoms with Crippen molar-refractivity contribution in [2.45, 2.75) is 235 Å². The molecule has 0 fully saturated rings. The second-order valence-electron chi connectivity index (χ2n) is 16.7. The molecule has 0 heterocycles. The molecule has 0 aromatic rings. The third-order valence-electron chi connectivity index (χ3n) is 11.1. The molecule has 368 valence electrons. The topological polar surface area (TPSA) is 174 Å². The maximum Gasteiger partial charge on any atom is 0.328 e. The van der Waals surface area contributed by atoms with Crippen LogP contribution in [0.2, 0.25) is 0 Å². The van der Waals surface area contributed by atoms with Gasteiger partial charge in [0.2, 0.25) is 11.8 Å². The molecule has 0 saturated carbocycles. The number of hydrogen-bond acceptors (Lipinski definition) is 10. The molecule has 0 saturated heterocycles. The van der Waals surface area contributed by atoms with E-state index in [0.29, 0.717) is 19.3 Å². The fourth-order valence-electron chi connectivity index (χ4n) is 6.71. The van der Waals surface area contributed by atoms with E-state index < -0.39 is 18.1 Å². The first-order valence-electron chi connectivity index (χ1n) is 24.5. The lowest BCUT2D eigenvalue weighted by atomic mass is 9.88. The highest BCUT2D eigenvalue weighted by molar-refractivity contribution is 5.90. The second-order valence-corrected chi connectivity index (χ2v) is 16.7. The summed E-state index contributed by atoms with van der Waals surface area (Å²) in [4.78, 5) is 72.4. The maximum absolute atomic E-state index is 12.9. The van der Waals surface area contributed by atoms with Crippen LogP contribution in [0.3, 0.4) is 0 Å². The number of rotatable bonds is 34. The van der Waals surface area contributed by atoms with Crippen LogP contribution in [0.5, 0.6) is 0 Å². The van der Waals surface area contributed by atoms with Gasteiger partial charge in [-0.15, -0.1) is 0 Å². The molecule has 2 amide bonds. The van der Waals surface area contributed by atoms with Crippen molar-refractivity contribution in [1.29, 1.82) is 0 Å². The number of ketones is 1. The third kappa shape index (κ3) is 37.5.